The van der Waals surface area contributed by atoms with E-state index in [2.05, 4.69) is 10.6 Å². The number of furan rings is 1. The standard InChI is InChI=1S/C15H14N2O4/c18-14(9-1-2-10-6-16-7-11(10)5-9)17-8-12-3-4-13(21-12)15(19)20/h1-5,16H,6-8H2,(H,17,18)(H,19,20). The molecule has 1 aliphatic rings. The third-order valence-electron chi connectivity index (χ3n) is 3.39. The van der Waals surface area contributed by atoms with Gasteiger partial charge in [-0.1, -0.05) is 6.07 Å². The Morgan fingerprint density at radius 3 is 2.76 bits per heavy atom. The number of carboxylic acids is 1. The molecule has 6 nitrogen and oxygen atoms in total. The average molecular weight is 286 g/mol. The first-order chi connectivity index (χ1) is 10.1. The fourth-order valence-corrected chi connectivity index (χ4v) is 2.29. The van der Waals surface area contributed by atoms with Crippen LogP contribution in [0.5, 0.6) is 0 Å². The van der Waals surface area contributed by atoms with Gasteiger partial charge in [0.2, 0.25) is 5.76 Å². The molecule has 1 aromatic heterocycles. The lowest BCUT2D eigenvalue weighted by atomic mass is 10.1. The number of carbonyl (C=O) groups is 2. The molecule has 21 heavy (non-hydrogen) atoms. The number of amides is 1. The van der Waals surface area contributed by atoms with Crippen LogP contribution in [0.15, 0.2) is 34.7 Å². The highest BCUT2D eigenvalue weighted by Crippen LogP contribution is 2.17. The number of hydrogen-bond donors (Lipinski definition) is 3. The van der Waals surface area contributed by atoms with E-state index in [1.54, 1.807) is 6.07 Å². The molecule has 0 fully saturated rings. The molecule has 1 aromatic carbocycles. The van der Waals surface area contributed by atoms with Crippen molar-refractivity contribution in [3.05, 3.63) is 58.5 Å². The second-order valence-electron chi connectivity index (χ2n) is 4.84. The summed E-state index contributed by atoms with van der Waals surface area (Å²) < 4.78 is 5.08. The molecule has 0 bridgehead atoms. The third kappa shape index (κ3) is 2.80. The molecular formula is C15H14N2O4. The van der Waals surface area contributed by atoms with Gasteiger partial charge in [-0.15, -0.1) is 0 Å². The quantitative estimate of drug-likeness (QED) is 0.792. The number of carbonyl (C=O) groups excluding carboxylic acids is 1. The number of rotatable bonds is 4. The number of carboxylic acid groups (broad SMARTS) is 1. The van der Waals surface area contributed by atoms with Crippen molar-refractivity contribution >= 4 is 11.9 Å². The predicted octanol–water partition coefficient (Wildman–Crippen LogP) is 1.51. The molecule has 3 rings (SSSR count). The Labute approximate surface area is 120 Å². The van der Waals surface area contributed by atoms with Gasteiger partial charge < -0.3 is 20.2 Å². The number of hydrogen-bond acceptors (Lipinski definition) is 4. The van der Waals surface area contributed by atoms with Crippen LogP contribution in [0.3, 0.4) is 0 Å². The SMILES string of the molecule is O=C(NCc1ccc(C(=O)O)o1)c1ccc2c(c1)CNC2. The van der Waals surface area contributed by atoms with E-state index in [1.807, 2.05) is 12.1 Å². The van der Waals surface area contributed by atoms with E-state index in [-0.39, 0.29) is 18.2 Å². The second kappa shape index (κ2) is 5.41. The van der Waals surface area contributed by atoms with Gasteiger partial charge in [-0.3, -0.25) is 4.79 Å². The maximum Gasteiger partial charge on any atom is 0.371 e. The fraction of sp³-hybridized carbons (Fsp3) is 0.200. The molecule has 0 saturated heterocycles. The van der Waals surface area contributed by atoms with Crippen LogP contribution in [0.1, 0.15) is 37.8 Å². The van der Waals surface area contributed by atoms with E-state index in [0.29, 0.717) is 11.3 Å². The van der Waals surface area contributed by atoms with Crippen molar-refractivity contribution in [1.82, 2.24) is 10.6 Å². The van der Waals surface area contributed by atoms with Crippen LogP contribution in [0, 0.1) is 0 Å². The van der Waals surface area contributed by atoms with E-state index in [1.165, 1.54) is 17.7 Å². The van der Waals surface area contributed by atoms with Crippen LogP contribution in [0.4, 0.5) is 0 Å². The van der Waals surface area contributed by atoms with Gasteiger partial charge in [0, 0.05) is 18.7 Å². The Kier molecular flexibility index (Phi) is 3.45. The van der Waals surface area contributed by atoms with E-state index in [4.69, 9.17) is 9.52 Å². The molecule has 0 saturated carbocycles. The first-order valence-electron chi connectivity index (χ1n) is 6.56. The van der Waals surface area contributed by atoms with Crippen molar-refractivity contribution in [2.24, 2.45) is 0 Å². The lowest BCUT2D eigenvalue weighted by Crippen LogP contribution is -2.22. The Bertz CT molecular complexity index is 705. The monoisotopic (exact) mass is 286 g/mol. The van der Waals surface area contributed by atoms with E-state index in [0.717, 1.165) is 18.7 Å². The van der Waals surface area contributed by atoms with Crippen LogP contribution in [0.2, 0.25) is 0 Å². The van der Waals surface area contributed by atoms with Gasteiger partial charge in [-0.2, -0.15) is 0 Å². The Morgan fingerprint density at radius 1 is 1.19 bits per heavy atom. The van der Waals surface area contributed by atoms with Crippen molar-refractivity contribution in [2.45, 2.75) is 19.6 Å². The molecule has 1 amide bonds. The highest BCUT2D eigenvalue weighted by Gasteiger charge is 2.14. The van der Waals surface area contributed by atoms with Crippen LogP contribution in [-0.2, 0) is 19.6 Å². The molecule has 0 atom stereocenters. The smallest absolute Gasteiger partial charge is 0.371 e. The summed E-state index contributed by atoms with van der Waals surface area (Å²) in [6.45, 7) is 1.76. The van der Waals surface area contributed by atoms with E-state index in [9.17, 15) is 9.59 Å². The van der Waals surface area contributed by atoms with Gasteiger partial charge in [0.15, 0.2) is 0 Å². The highest BCUT2D eigenvalue weighted by atomic mass is 16.4. The van der Waals surface area contributed by atoms with Gasteiger partial charge >= 0.3 is 5.97 Å². The van der Waals surface area contributed by atoms with E-state index >= 15 is 0 Å². The van der Waals surface area contributed by atoms with Crippen molar-refractivity contribution in [3.8, 4) is 0 Å². The van der Waals surface area contributed by atoms with Crippen molar-refractivity contribution in [1.29, 1.82) is 0 Å². The average Bonchev–Trinajstić information content (AvgIpc) is 3.12. The minimum atomic E-state index is -1.13. The Balaban J connectivity index is 1.64. The molecular weight excluding hydrogens is 272 g/mol. The van der Waals surface area contributed by atoms with Crippen molar-refractivity contribution < 1.29 is 19.1 Å². The lowest BCUT2D eigenvalue weighted by Gasteiger charge is -2.05. The zero-order valence-corrected chi connectivity index (χ0v) is 11.2. The van der Waals surface area contributed by atoms with Crippen molar-refractivity contribution in [3.63, 3.8) is 0 Å². The van der Waals surface area contributed by atoms with Crippen LogP contribution in [-0.4, -0.2) is 17.0 Å². The molecule has 2 heterocycles. The number of nitrogens with one attached hydrogen (secondary N) is 2. The summed E-state index contributed by atoms with van der Waals surface area (Å²) >= 11 is 0. The van der Waals surface area contributed by atoms with Crippen LogP contribution >= 0.6 is 0 Å². The van der Waals surface area contributed by atoms with Gasteiger partial charge in [0.25, 0.3) is 5.91 Å². The Morgan fingerprint density at radius 2 is 2.00 bits per heavy atom. The normalized spacial score (nSPS) is 13.0. The largest absolute Gasteiger partial charge is 0.475 e. The van der Waals surface area contributed by atoms with Gasteiger partial charge in [-0.25, -0.2) is 4.79 Å². The summed E-state index contributed by atoms with van der Waals surface area (Å²) in [7, 11) is 0. The highest BCUT2D eigenvalue weighted by molar-refractivity contribution is 5.94. The summed E-state index contributed by atoms with van der Waals surface area (Å²) in [5, 5.41) is 14.7. The van der Waals surface area contributed by atoms with Crippen LogP contribution < -0.4 is 10.6 Å². The topological polar surface area (TPSA) is 91.6 Å². The molecule has 1 aliphatic heterocycles. The van der Waals surface area contributed by atoms with Gasteiger partial charge in [-0.05, 0) is 35.4 Å². The molecule has 108 valence electrons. The molecule has 3 N–H and O–H groups in total. The van der Waals surface area contributed by atoms with Gasteiger partial charge in [0.1, 0.15) is 5.76 Å². The molecule has 0 aliphatic carbocycles. The van der Waals surface area contributed by atoms with E-state index < -0.39 is 5.97 Å². The van der Waals surface area contributed by atoms with Crippen molar-refractivity contribution in [2.75, 3.05) is 0 Å². The minimum Gasteiger partial charge on any atom is -0.475 e. The summed E-state index contributed by atoms with van der Waals surface area (Å²) in [6, 6.07) is 8.50. The predicted molar refractivity (Wildman–Crippen MR) is 73.8 cm³/mol. The number of aromatic carboxylic acids is 1. The second-order valence-corrected chi connectivity index (χ2v) is 4.84. The van der Waals surface area contributed by atoms with Crippen LogP contribution in [0.25, 0.3) is 0 Å². The maximum atomic E-state index is 12.1. The molecule has 0 unspecified atom stereocenters. The lowest BCUT2D eigenvalue weighted by molar-refractivity contribution is 0.0660. The maximum absolute atomic E-state index is 12.1. The summed E-state index contributed by atoms with van der Waals surface area (Å²) in [4.78, 5) is 22.8. The Hall–Kier alpha value is -2.60. The number of fused-ring (bicyclic) bond motifs is 1. The summed E-state index contributed by atoms with van der Waals surface area (Å²) in [5.74, 6) is -1.07. The first kappa shape index (κ1) is 13.4. The molecule has 0 radical (unpaired) electrons. The molecule has 2 aromatic rings. The fourth-order valence-electron chi connectivity index (χ4n) is 2.29. The molecule has 6 heteroatoms. The number of benzene rings is 1. The summed E-state index contributed by atoms with van der Waals surface area (Å²) in [5.41, 5.74) is 2.93. The first-order valence-corrected chi connectivity index (χ1v) is 6.56. The zero-order valence-electron chi connectivity index (χ0n) is 11.2. The summed E-state index contributed by atoms with van der Waals surface area (Å²) in [6.07, 6.45) is 0. The third-order valence-corrected chi connectivity index (χ3v) is 3.39. The molecule has 0 spiro atoms. The zero-order chi connectivity index (χ0) is 14.8. The van der Waals surface area contributed by atoms with Gasteiger partial charge in [0.05, 0.1) is 6.54 Å². The minimum absolute atomic E-state index is 0.136.